The van der Waals surface area contributed by atoms with Gasteiger partial charge in [-0.3, -0.25) is 0 Å². The monoisotopic (exact) mass is 160 g/mol. The van der Waals surface area contributed by atoms with Gasteiger partial charge in [-0.2, -0.15) is 9.78 Å². The molecule has 0 aromatic rings. The lowest BCUT2D eigenvalue weighted by molar-refractivity contribution is -0.126. The molecule has 0 atom stereocenters. The van der Waals surface area contributed by atoms with Crippen molar-refractivity contribution in [3.63, 3.8) is 0 Å². The highest BCUT2D eigenvalue weighted by Crippen LogP contribution is 2.32. The van der Waals surface area contributed by atoms with Crippen molar-refractivity contribution >= 4 is 0 Å². The summed E-state index contributed by atoms with van der Waals surface area (Å²) in [6.45, 7) is 9.94. The summed E-state index contributed by atoms with van der Waals surface area (Å²) in [5.74, 6) is 0. The molecule has 11 heavy (non-hydrogen) atoms. The summed E-state index contributed by atoms with van der Waals surface area (Å²) in [6, 6.07) is 0. The van der Waals surface area contributed by atoms with Gasteiger partial charge in [-0.25, -0.2) is 0 Å². The van der Waals surface area contributed by atoms with Crippen molar-refractivity contribution in [2.75, 3.05) is 0 Å². The van der Waals surface area contributed by atoms with Crippen LogP contribution in [0.15, 0.2) is 0 Å². The fraction of sp³-hybridized carbons (Fsp3) is 1.00. The Bertz CT molecular complexity index is 142. The maximum absolute atomic E-state index is 5.70. The number of hydrogen-bond acceptors (Lipinski definition) is 3. The van der Waals surface area contributed by atoms with E-state index in [-0.39, 0.29) is 17.5 Å². The molecule has 3 heteroatoms. The first-order valence-electron chi connectivity index (χ1n) is 3.83. The van der Waals surface area contributed by atoms with Crippen LogP contribution in [0.1, 0.15) is 34.6 Å². The van der Waals surface area contributed by atoms with E-state index in [2.05, 4.69) is 0 Å². The Morgan fingerprint density at radius 2 is 1.45 bits per heavy atom. The molecule has 0 radical (unpaired) electrons. The van der Waals surface area contributed by atoms with Crippen LogP contribution in [0.5, 0.6) is 0 Å². The Labute approximate surface area is 67.6 Å². The summed E-state index contributed by atoms with van der Waals surface area (Å²) < 4.78 is 5.70. The van der Waals surface area contributed by atoms with E-state index < -0.39 is 0 Å². The summed E-state index contributed by atoms with van der Waals surface area (Å²) in [4.78, 5) is 9.39. The minimum absolute atomic E-state index is 0.154. The van der Waals surface area contributed by atoms with Gasteiger partial charge in [0.2, 0.25) is 0 Å². The third-order valence-corrected chi connectivity index (χ3v) is 1.33. The fourth-order valence-corrected chi connectivity index (χ4v) is 1.10. The third-order valence-electron chi connectivity index (χ3n) is 1.33. The highest BCUT2D eigenvalue weighted by atomic mass is 17.4. The van der Waals surface area contributed by atoms with Crippen LogP contribution >= 0.6 is 0 Å². The maximum atomic E-state index is 5.70. The molecule has 0 spiro atoms. The zero-order valence-corrected chi connectivity index (χ0v) is 7.80. The van der Waals surface area contributed by atoms with E-state index in [1.165, 1.54) is 0 Å². The highest BCUT2D eigenvalue weighted by Gasteiger charge is 2.46. The van der Waals surface area contributed by atoms with Crippen molar-refractivity contribution in [3.05, 3.63) is 0 Å². The summed E-state index contributed by atoms with van der Waals surface area (Å²) in [6.07, 6.45) is -0.193. The first-order valence-corrected chi connectivity index (χ1v) is 3.83. The molecule has 0 saturated carbocycles. The molecule has 1 saturated heterocycles. The summed E-state index contributed by atoms with van der Waals surface area (Å²) in [7, 11) is 0. The number of ether oxygens (including phenoxy) is 1. The molecule has 0 unspecified atom stereocenters. The molecule has 0 amide bonds. The van der Waals surface area contributed by atoms with Crippen LogP contribution < -0.4 is 0 Å². The molecule has 1 heterocycles. The summed E-state index contributed by atoms with van der Waals surface area (Å²) >= 11 is 0. The fourth-order valence-electron chi connectivity index (χ4n) is 1.10. The molecule has 0 N–H and O–H groups in total. The van der Waals surface area contributed by atoms with Crippen molar-refractivity contribution in [3.8, 4) is 0 Å². The first-order chi connectivity index (χ1) is 4.81. The largest absolute Gasteiger partial charge is 0.364 e. The first kappa shape index (κ1) is 8.97. The number of rotatable bonds is 2. The van der Waals surface area contributed by atoms with Crippen LogP contribution in [0.3, 0.4) is 0 Å². The lowest BCUT2D eigenvalue weighted by Crippen LogP contribution is -2.39. The molecule has 66 valence electrons. The second-order valence-electron chi connectivity index (χ2n) is 4.34. The van der Waals surface area contributed by atoms with Crippen LogP contribution in [0, 0.1) is 0 Å². The molecular formula is C8H16O3. The lowest BCUT2D eigenvalue weighted by atomic mass is 10.1. The molecule has 0 aromatic heterocycles. The second-order valence-corrected chi connectivity index (χ2v) is 4.34. The molecule has 1 fully saturated rings. The molecular weight excluding hydrogens is 144 g/mol. The molecule has 3 nitrogen and oxygen atoms in total. The molecule has 0 bridgehead atoms. The van der Waals surface area contributed by atoms with Gasteiger partial charge in [0.05, 0.1) is 5.60 Å². The standard InChI is InChI=1S/C8H16O3/c1-7(2,3)11-8(4,5)6-9-10-6/h6H,1-5H3. The van der Waals surface area contributed by atoms with E-state index in [0.29, 0.717) is 0 Å². The van der Waals surface area contributed by atoms with Gasteiger partial charge in [-0.05, 0) is 34.6 Å². The van der Waals surface area contributed by atoms with E-state index >= 15 is 0 Å². The molecule has 0 aromatic carbocycles. The lowest BCUT2D eigenvalue weighted by Gasteiger charge is -2.30. The summed E-state index contributed by atoms with van der Waals surface area (Å²) in [5.41, 5.74) is -0.503. The van der Waals surface area contributed by atoms with Crippen LogP contribution in [0.4, 0.5) is 0 Å². The minimum Gasteiger partial charge on any atom is -0.364 e. The van der Waals surface area contributed by atoms with Crippen molar-refractivity contribution in [1.29, 1.82) is 0 Å². The van der Waals surface area contributed by atoms with E-state index in [4.69, 9.17) is 14.5 Å². The third kappa shape index (κ3) is 2.77. The van der Waals surface area contributed by atoms with Gasteiger partial charge in [0.15, 0.2) is 0 Å². The minimum atomic E-state index is -0.349. The van der Waals surface area contributed by atoms with Gasteiger partial charge in [0, 0.05) is 0 Å². The van der Waals surface area contributed by atoms with Crippen molar-refractivity contribution in [2.24, 2.45) is 0 Å². The van der Waals surface area contributed by atoms with Crippen LogP contribution in [-0.2, 0) is 14.5 Å². The molecule has 1 aliphatic heterocycles. The van der Waals surface area contributed by atoms with Crippen molar-refractivity contribution in [1.82, 2.24) is 0 Å². The maximum Gasteiger partial charge on any atom is 0.252 e. The normalized spacial score (nSPS) is 20.5. The van der Waals surface area contributed by atoms with Crippen LogP contribution in [0.25, 0.3) is 0 Å². The van der Waals surface area contributed by atoms with Crippen molar-refractivity contribution < 1.29 is 14.5 Å². The Morgan fingerprint density at radius 3 is 1.73 bits per heavy atom. The zero-order valence-electron chi connectivity index (χ0n) is 7.80. The van der Waals surface area contributed by atoms with Gasteiger partial charge < -0.3 is 4.74 Å². The predicted molar refractivity (Wildman–Crippen MR) is 40.9 cm³/mol. The zero-order chi connectivity index (χ0) is 8.70. The molecule has 1 aliphatic rings. The van der Waals surface area contributed by atoms with E-state index in [9.17, 15) is 0 Å². The predicted octanol–water partition coefficient (Wildman–Crippen LogP) is 1.87. The topological polar surface area (TPSA) is 34.3 Å². The molecule has 1 rings (SSSR count). The molecule has 0 aliphatic carbocycles. The Kier molecular flexibility index (Phi) is 1.99. The summed E-state index contributed by atoms with van der Waals surface area (Å²) in [5, 5.41) is 0. The van der Waals surface area contributed by atoms with Gasteiger partial charge in [0.1, 0.15) is 5.60 Å². The van der Waals surface area contributed by atoms with Crippen LogP contribution in [0.2, 0.25) is 0 Å². The second kappa shape index (κ2) is 2.44. The number of hydrogen-bond donors (Lipinski definition) is 0. The average molecular weight is 160 g/mol. The van der Waals surface area contributed by atoms with Crippen molar-refractivity contribution in [2.45, 2.75) is 52.1 Å². The Morgan fingerprint density at radius 1 is 1.00 bits per heavy atom. The average Bonchev–Trinajstić information content (AvgIpc) is 2.30. The SMILES string of the molecule is CC(C)(C)OC(C)(C)C1OO1. The van der Waals surface area contributed by atoms with Gasteiger partial charge in [-0.1, -0.05) is 0 Å². The highest BCUT2D eigenvalue weighted by molar-refractivity contribution is 4.79. The quantitative estimate of drug-likeness (QED) is 0.457. The van der Waals surface area contributed by atoms with Gasteiger partial charge >= 0.3 is 0 Å². The van der Waals surface area contributed by atoms with E-state index in [1.807, 2.05) is 34.6 Å². The van der Waals surface area contributed by atoms with Gasteiger partial charge in [-0.15, -0.1) is 0 Å². The Hall–Kier alpha value is -0.120. The Balaban J connectivity index is 2.45. The van der Waals surface area contributed by atoms with Crippen LogP contribution in [-0.4, -0.2) is 17.5 Å². The van der Waals surface area contributed by atoms with E-state index in [0.717, 1.165) is 0 Å². The van der Waals surface area contributed by atoms with Gasteiger partial charge in [0.25, 0.3) is 6.29 Å². The van der Waals surface area contributed by atoms with E-state index in [1.54, 1.807) is 0 Å². The smallest absolute Gasteiger partial charge is 0.252 e.